The van der Waals surface area contributed by atoms with Gasteiger partial charge in [0.2, 0.25) is 5.91 Å². The Kier molecular flexibility index (Phi) is 4.83. The maximum absolute atomic E-state index is 12.4. The number of hydrogen-bond donors (Lipinski definition) is 3. The first-order valence-electron chi connectivity index (χ1n) is 7.16. The summed E-state index contributed by atoms with van der Waals surface area (Å²) in [6, 6.07) is 0. The van der Waals surface area contributed by atoms with E-state index in [0.29, 0.717) is 19.4 Å². The molecule has 1 saturated heterocycles. The monoisotopic (exact) mass is 302 g/mol. The van der Waals surface area contributed by atoms with Crippen LogP contribution >= 0.6 is 7.95 Å². The highest BCUT2D eigenvalue weighted by Crippen LogP contribution is 2.39. The summed E-state index contributed by atoms with van der Waals surface area (Å²) >= 11 is 0. The Bertz CT molecular complexity index is 425. The van der Waals surface area contributed by atoms with Gasteiger partial charge in [0.05, 0.1) is 0 Å². The zero-order valence-corrected chi connectivity index (χ0v) is 12.6. The van der Waals surface area contributed by atoms with Crippen LogP contribution in [0.3, 0.4) is 0 Å². The highest BCUT2D eigenvalue weighted by Gasteiger charge is 2.45. The fourth-order valence-electron chi connectivity index (χ4n) is 2.89. The molecule has 0 radical (unpaired) electrons. The molecule has 5 N–H and O–H groups in total. The quantitative estimate of drug-likeness (QED) is 0.394. The van der Waals surface area contributed by atoms with Crippen LogP contribution in [-0.4, -0.2) is 28.6 Å². The van der Waals surface area contributed by atoms with Crippen LogP contribution in [0.1, 0.15) is 44.9 Å². The highest BCUT2D eigenvalue weighted by atomic mass is 31.1. The lowest BCUT2D eigenvalue weighted by Crippen LogP contribution is -2.60. The summed E-state index contributed by atoms with van der Waals surface area (Å²) in [7, 11) is -2.76. The van der Waals surface area contributed by atoms with Gasteiger partial charge in [0.25, 0.3) is 5.91 Å². The van der Waals surface area contributed by atoms with Crippen LogP contribution in [0.5, 0.6) is 0 Å². The fourth-order valence-corrected chi connectivity index (χ4v) is 4.29. The predicted octanol–water partition coefficient (Wildman–Crippen LogP) is 0.309. The Labute approximate surface area is 119 Å². The number of piperidine rings is 1. The van der Waals surface area contributed by atoms with Crippen molar-refractivity contribution in [2.45, 2.75) is 50.2 Å². The molecule has 0 spiro atoms. The van der Waals surface area contributed by atoms with Gasteiger partial charge in [0.15, 0.2) is 13.2 Å². The van der Waals surface area contributed by atoms with E-state index >= 15 is 0 Å². The van der Waals surface area contributed by atoms with Gasteiger partial charge in [-0.05, 0) is 25.7 Å². The lowest BCUT2D eigenvalue weighted by molar-refractivity contribution is -0.136. The van der Waals surface area contributed by atoms with Gasteiger partial charge in [-0.1, -0.05) is 19.3 Å². The first kappa shape index (κ1) is 15.5. The summed E-state index contributed by atoms with van der Waals surface area (Å²) in [4.78, 5) is 24.1. The summed E-state index contributed by atoms with van der Waals surface area (Å²) in [5.74, 6) is 4.65. The summed E-state index contributed by atoms with van der Waals surface area (Å²) in [5.41, 5.74) is 5.96. The highest BCUT2D eigenvalue weighted by molar-refractivity contribution is 7.46. The molecule has 1 aliphatic carbocycles. The molecule has 1 aliphatic heterocycles. The Balaban J connectivity index is 1.99. The molecule has 1 heterocycles. The van der Waals surface area contributed by atoms with Crippen molar-refractivity contribution in [2.75, 3.05) is 6.54 Å². The topological polar surface area (TPSA) is 119 Å². The number of hydrazine groups is 1. The predicted molar refractivity (Wildman–Crippen MR) is 75.8 cm³/mol. The SMILES string of the molecule is NN1CCC[C@](N)([PH](=O)NC(=O)C2CCCCC2)C1=O. The van der Waals surface area contributed by atoms with E-state index in [1.54, 1.807) is 0 Å². The second-order valence-electron chi connectivity index (χ2n) is 5.73. The lowest BCUT2D eigenvalue weighted by atomic mass is 9.89. The Morgan fingerprint density at radius 1 is 1.30 bits per heavy atom. The van der Waals surface area contributed by atoms with E-state index in [1.807, 2.05) is 0 Å². The summed E-state index contributed by atoms with van der Waals surface area (Å²) in [5, 5.41) is 1.96. The third kappa shape index (κ3) is 3.05. The number of carbonyl (C=O) groups is 2. The smallest absolute Gasteiger partial charge is 0.265 e. The average Bonchev–Trinajstić information content (AvgIpc) is 2.45. The van der Waals surface area contributed by atoms with Gasteiger partial charge in [-0.25, -0.2) is 5.84 Å². The number of amides is 2. The summed E-state index contributed by atoms with van der Waals surface area (Å²) in [6.07, 6.45) is 5.69. The van der Waals surface area contributed by atoms with E-state index in [2.05, 4.69) is 5.09 Å². The minimum absolute atomic E-state index is 0.103. The maximum atomic E-state index is 12.4. The van der Waals surface area contributed by atoms with Crippen LogP contribution in [-0.2, 0) is 14.2 Å². The molecule has 20 heavy (non-hydrogen) atoms. The Morgan fingerprint density at radius 3 is 2.60 bits per heavy atom. The van der Waals surface area contributed by atoms with E-state index in [9.17, 15) is 14.2 Å². The molecule has 114 valence electrons. The molecule has 2 aliphatic rings. The van der Waals surface area contributed by atoms with Gasteiger partial charge in [0, 0.05) is 12.5 Å². The molecule has 2 rings (SSSR count). The molecule has 8 heteroatoms. The molecular weight excluding hydrogens is 279 g/mol. The van der Waals surface area contributed by atoms with Crippen molar-refractivity contribution in [1.82, 2.24) is 10.1 Å². The minimum Gasteiger partial charge on any atom is -0.310 e. The molecule has 2 fully saturated rings. The minimum atomic E-state index is -2.76. The number of hydrogen-bond acceptors (Lipinski definition) is 5. The van der Waals surface area contributed by atoms with E-state index in [4.69, 9.17) is 11.6 Å². The van der Waals surface area contributed by atoms with Gasteiger partial charge >= 0.3 is 0 Å². The first-order valence-corrected chi connectivity index (χ1v) is 8.57. The normalized spacial score (nSPS) is 30.1. The van der Waals surface area contributed by atoms with Gasteiger partial charge in [0.1, 0.15) is 0 Å². The number of nitrogens with one attached hydrogen (secondary N) is 1. The van der Waals surface area contributed by atoms with Gasteiger partial charge in [-0.3, -0.25) is 14.6 Å². The fraction of sp³-hybridized carbons (Fsp3) is 0.833. The van der Waals surface area contributed by atoms with Gasteiger partial charge < -0.3 is 15.4 Å². The van der Waals surface area contributed by atoms with Crippen molar-refractivity contribution in [2.24, 2.45) is 17.5 Å². The second-order valence-corrected chi connectivity index (χ2v) is 7.53. The number of nitrogens with two attached hydrogens (primary N) is 2. The van der Waals surface area contributed by atoms with Crippen molar-refractivity contribution >= 4 is 19.8 Å². The van der Waals surface area contributed by atoms with Crippen molar-refractivity contribution in [3.05, 3.63) is 0 Å². The van der Waals surface area contributed by atoms with Crippen LogP contribution in [0.25, 0.3) is 0 Å². The van der Waals surface area contributed by atoms with E-state index in [1.165, 1.54) is 0 Å². The van der Waals surface area contributed by atoms with Crippen LogP contribution in [0.4, 0.5) is 0 Å². The maximum Gasteiger partial charge on any atom is 0.265 e. The van der Waals surface area contributed by atoms with Crippen molar-refractivity contribution in [3.63, 3.8) is 0 Å². The molecule has 2 atom stereocenters. The lowest BCUT2D eigenvalue weighted by Gasteiger charge is -2.36. The summed E-state index contributed by atoms with van der Waals surface area (Å²) < 4.78 is 12.4. The van der Waals surface area contributed by atoms with Crippen molar-refractivity contribution in [1.29, 1.82) is 0 Å². The van der Waals surface area contributed by atoms with E-state index in [-0.39, 0.29) is 11.8 Å². The first-order chi connectivity index (χ1) is 9.45. The largest absolute Gasteiger partial charge is 0.310 e. The standard InChI is InChI=1S/C12H23N4O3P/c13-12(7-4-8-16(14)11(12)18)20(19)15-10(17)9-5-2-1-3-6-9/h9,20H,1-8,13-14H2,(H,15,17,19)/t12-/m0/s1. The molecule has 2 amide bonds. The molecule has 0 aromatic rings. The summed E-state index contributed by atoms with van der Waals surface area (Å²) in [6.45, 7) is 0.406. The average molecular weight is 302 g/mol. The van der Waals surface area contributed by atoms with Crippen molar-refractivity contribution < 1.29 is 14.2 Å². The molecule has 7 nitrogen and oxygen atoms in total. The number of carbonyl (C=O) groups excluding carboxylic acids is 2. The number of nitrogens with zero attached hydrogens (tertiary/aromatic N) is 1. The van der Waals surface area contributed by atoms with Gasteiger partial charge in [-0.15, -0.1) is 0 Å². The van der Waals surface area contributed by atoms with E-state index in [0.717, 1.165) is 37.1 Å². The molecular formula is C12H23N4O3P. The molecule has 0 aromatic heterocycles. The third-order valence-corrected chi connectivity index (χ3v) is 5.98. The molecule has 1 saturated carbocycles. The van der Waals surface area contributed by atoms with Crippen molar-refractivity contribution in [3.8, 4) is 0 Å². The second kappa shape index (κ2) is 6.24. The van der Waals surface area contributed by atoms with E-state index < -0.39 is 19.1 Å². The zero-order valence-electron chi connectivity index (χ0n) is 11.6. The van der Waals surface area contributed by atoms with Gasteiger partial charge in [-0.2, -0.15) is 0 Å². The van der Waals surface area contributed by atoms with Crippen LogP contribution in [0.2, 0.25) is 0 Å². The van der Waals surface area contributed by atoms with Crippen LogP contribution in [0.15, 0.2) is 0 Å². The van der Waals surface area contributed by atoms with Crippen LogP contribution in [0, 0.1) is 5.92 Å². The molecule has 0 bridgehead atoms. The Hall–Kier alpha value is -0.910. The molecule has 1 unspecified atom stereocenters. The zero-order chi connectivity index (χ0) is 14.8. The third-order valence-electron chi connectivity index (χ3n) is 4.23. The Morgan fingerprint density at radius 2 is 1.95 bits per heavy atom. The molecule has 0 aromatic carbocycles. The number of rotatable bonds is 3. The van der Waals surface area contributed by atoms with Crippen LogP contribution < -0.4 is 16.7 Å².